The van der Waals surface area contributed by atoms with Crippen LogP contribution >= 0.6 is 0 Å². The second-order valence-electron chi connectivity index (χ2n) is 3.79. The molecule has 1 heterocycles. The first kappa shape index (κ1) is 11.4. The van der Waals surface area contributed by atoms with Crippen molar-refractivity contribution in [2.75, 3.05) is 52.9 Å². The van der Waals surface area contributed by atoms with Gasteiger partial charge in [0.25, 0.3) is 0 Å². The summed E-state index contributed by atoms with van der Waals surface area (Å²) in [5.41, 5.74) is 5.01. The minimum atomic E-state index is -0.289. The zero-order valence-electron chi connectivity index (χ0n) is 8.83. The van der Waals surface area contributed by atoms with Crippen molar-refractivity contribution in [2.24, 2.45) is 5.73 Å². The van der Waals surface area contributed by atoms with Crippen LogP contribution in [0.2, 0.25) is 0 Å². The van der Waals surface area contributed by atoms with Crippen molar-refractivity contribution in [3.63, 3.8) is 0 Å². The summed E-state index contributed by atoms with van der Waals surface area (Å²) in [5.74, 6) is -0.289. The van der Waals surface area contributed by atoms with E-state index in [1.54, 1.807) is 0 Å². The summed E-state index contributed by atoms with van der Waals surface area (Å²) in [7, 11) is 2.14. The molecule has 0 bridgehead atoms. The lowest BCUT2D eigenvalue weighted by Gasteiger charge is -2.32. The number of primary amides is 1. The highest BCUT2D eigenvalue weighted by Crippen LogP contribution is 1.97. The molecule has 1 rings (SSSR count). The number of carbonyl (C=O) groups excluding carboxylic acids is 1. The van der Waals surface area contributed by atoms with Gasteiger partial charge in [-0.2, -0.15) is 0 Å². The normalized spacial score (nSPS) is 19.8. The highest BCUT2D eigenvalue weighted by molar-refractivity contribution is 5.75. The molecule has 1 amide bonds. The third kappa shape index (κ3) is 4.55. The highest BCUT2D eigenvalue weighted by atomic mass is 16.1. The molecule has 1 aliphatic rings. The zero-order valence-corrected chi connectivity index (χ0v) is 8.83. The van der Waals surface area contributed by atoms with Gasteiger partial charge in [0.15, 0.2) is 0 Å². The van der Waals surface area contributed by atoms with Crippen LogP contribution < -0.4 is 11.1 Å². The van der Waals surface area contributed by atoms with Crippen LogP contribution in [0.5, 0.6) is 0 Å². The number of nitrogens with one attached hydrogen (secondary N) is 1. The van der Waals surface area contributed by atoms with Crippen molar-refractivity contribution in [1.29, 1.82) is 0 Å². The molecule has 0 unspecified atom stereocenters. The lowest BCUT2D eigenvalue weighted by atomic mass is 10.3. The van der Waals surface area contributed by atoms with E-state index in [0.717, 1.165) is 39.3 Å². The van der Waals surface area contributed by atoms with Crippen molar-refractivity contribution < 1.29 is 4.79 Å². The summed E-state index contributed by atoms with van der Waals surface area (Å²) in [6.45, 7) is 6.64. The molecule has 0 aromatic carbocycles. The Labute approximate surface area is 85.2 Å². The van der Waals surface area contributed by atoms with Crippen molar-refractivity contribution in [1.82, 2.24) is 15.1 Å². The molecule has 0 spiro atoms. The summed E-state index contributed by atoms with van der Waals surface area (Å²) in [4.78, 5) is 15.2. The first-order valence-corrected chi connectivity index (χ1v) is 5.08. The quantitative estimate of drug-likeness (QED) is 0.520. The maximum absolute atomic E-state index is 10.4. The summed E-state index contributed by atoms with van der Waals surface area (Å²) >= 11 is 0. The highest BCUT2D eigenvalue weighted by Gasteiger charge is 2.12. The van der Waals surface area contributed by atoms with Gasteiger partial charge in [0.1, 0.15) is 0 Å². The number of carbonyl (C=O) groups is 1. The molecule has 1 aliphatic heterocycles. The van der Waals surface area contributed by atoms with Gasteiger partial charge in [-0.3, -0.25) is 9.69 Å². The molecule has 5 heteroatoms. The minimum Gasteiger partial charge on any atom is -0.369 e. The molecule has 14 heavy (non-hydrogen) atoms. The predicted octanol–water partition coefficient (Wildman–Crippen LogP) is -1.69. The first-order chi connectivity index (χ1) is 6.68. The maximum Gasteiger partial charge on any atom is 0.231 e. The van der Waals surface area contributed by atoms with E-state index in [9.17, 15) is 4.79 Å². The van der Waals surface area contributed by atoms with Crippen molar-refractivity contribution >= 4 is 5.91 Å². The molecule has 3 N–H and O–H groups in total. The molecule has 0 atom stereocenters. The van der Waals surface area contributed by atoms with Crippen LogP contribution in [0.1, 0.15) is 0 Å². The average molecular weight is 200 g/mol. The molecule has 0 saturated carbocycles. The summed E-state index contributed by atoms with van der Waals surface area (Å²) in [6.07, 6.45) is 0. The van der Waals surface area contributed by atoms with Crippen LogP contribution in [0.4, 0.5) is 0 Å². The molecule has 1 fully saturated rings. The van der Waals surface area contributed by atoms with Gasteiger partial charge in [-0.05, 0) is 7.05 Å². The van der Waals surface area contributed by atoms with Gasteiger partial charge >= 0.3 is 0 Å². The van der Waals surface area contributed by atoms with Crippen molar-refractivity contribution in [3.8, 4) is 0 Å². The molecule has 5 nitrogen and oxygen atoms in total. The lowest BCUT2D eigenvalue weighted by Crippen LogP contribution is -2.46. The maximum atomic E-state index is 10.4. The SMILES string of the molecule is CN1CCN(CCNCC(N)=O)CC1. The van der Waals surface area contributed by atoms with Gasteiger partial charge in [0.2, 0.25) is 5.91 Å². The van der Waals surface area contributed by atoms with Crippen molar-refractivity contribution in [3.05, 3.63) is 0 Å². The molecular weight excluding hydrogens is 180 g/mol. The van der Waals surface area contributed by atoms with Gasteiger partial charge in [0, 0.05) is 39.3 Å². The summed E-state index contributed by atoms with van der Waals surface area (Å²) in [6, 6.07) is 0. The van der Waals surface area contributed by atoms with Crippen LogP contribution in [-0.4, -0.2) is 68.6 Å². The van der Waals surface area contributed by atoms with Gasteiger partial charge in [0.05, 0.1) is 6.54 Å². The number of likely N-dealkylation sites (N-methyl/N-ethyl adjacent to an activating group) is 1. The van der Waals surface area contributed by atoms with E-state index in [1.165, 1.54) is 0 Å². The van der Waals surface area contributed by atoms with Crippen LogP contribution in [0.3, 0.4) is 0 Å². The lowest BCUT2D eigenvalue weighted by molar-refractivity contribution is -0.117. The summed E-state index contributed by atoms with van der Waals surface area (Å²) in [5, 5.41) is 3.01. The number of nitrogens with two attached hydrogens (primary N) is 1. The third-order valence-electron chi connectivity index (χ3n) is 2.50. The Morgan fingerprint density at radius 1 is 1.36 bits per heavy atom. The molecule has 0 aromatic heterocycles. The number of hydrogen-bond donors (Lipinski definition) is 2. The number of nitrogens with zero attached hydrogens (tertiary/aromatic N) is 2. The Morgan fingerprint density at radius 2 is 2.00 bits per heavy atom. The molecule has 0 aromatic rings. The standard InChI is InChI=1S/C9H20N4O/c1-12-4-6-13(7-5-12)3-2-11-8-9(10)14/h11H,2-8H2,1H3,(H2,10,14). The van der Waals surface area contributed by atoms with E-state index >= 15 is 0 Å². The van der Waals surface area contributed by atoms with E-state index in [0.29, 0.717) is 0 Å². The zero-order chi connectivity index (χ0) is 10.4. The Bertz CT molecular complexity index is 178. The fourth-order valence-corrected chi connectivity index (χ4v) is 1.52. The van der Waals surface area contributed by atoms with Crippen molar-refractivity contribution in [2.45, 2.75) is 0 Å². The number of piperazine rings is 1. The van der Waals surface area contributed by atoms with Crippen LogP contribution in [-0.2, 0) is 4.79 Å². The number of rotatable bonds is 5. The monoisotopic (exact) mass is 200 g/mol. The number of amides is 1. The predicted molar refractivity (Wildman–Crippen MR) is 56.0 cm³/mol. The van der Waals surface area contributed by atoms with Gasteiger partial charge in [-0.25, -0.2) is 0 Å². The topological polar surface area (TPSA) is 61.6 Å². The Hall–Kier alpha value is -0.650. The van der Waals surface area contributed by atoms with E-state index in [4.69, 9.17) is 5.73 Å². The Balaban J connectivity index is 1.99. The largest absolute Gasteiger partial charge is 0.369 e. The van der Waals surface area contributed by atoms with E-state index < -0.39 is 0 Å². The molecule has 82 valence electrons. The third-order valence-corrected chi connectivity index (χ3v) is 2.50. The fourth-order valence-electron chi connectivity index (χ4n) is 1.52. The average Bonchev–Trinajstić information content (AvgIpc) is 2.15. The minimum absolute atomic E-state index is 0.285. The van der Waals surface area contributed by atoms with Gasteiger partial charge < -0.3 is 16.0 Å². The number of hydrogen-bond acceptors (Lipinski definition) is 4. The van der Waals surface area contributed by atoms with E-state index in [2.05, 4.69) is 22.2 Å². The second-order valence-corrected chi connectivity index (χ2v) is 3.79. The smallest absolute Gasteiger partial charge is 0.231 e. The Kier molecular flexibility index (Phi) is 4.86. The Morgan fingerprint density at radius 3 is 2.57 bits per heavy atom. The molecule has 0 radical (unpaired) electrons. The second kappa shape index (κ2) is 5.95. The summed E-state index contributed by atoms with van der Waals surface area (Å²) < 4.78 is 0. The van der Waals surface area contributed by atoms with Crippen LogP contribution in [0.15, 0.2) is 0 Å². The van der Waals surface area contributed by atoms with E-state index in [-0.39, 0.29) is 12.5 Å². The molecular formula is C9H20N4O. The fraction of sp³-hybridized carbons (Fsp3) is 0.889. The molecule has 1 saturated heterocycles. The van der Waals surface area contributed by atoms with Gasteiger partial charge in [-0.15, -0.1) is 0 Å². The first-order valence-electron chi connectivity index (χ1n) is 5.08. The van der Waals surface area contributed by atoms with Gasteiger partial charge in [-0.1, -0.05) is 0 Å². The van der Waals surface area contributed by atoms with Crippen LogP contribution in [0, 0.1) is 0 Å². The van der Waals surface area contributed by atoms with E-state index in [1.807, 2.05) is 0 Å². The molecule has 0 aliphatic carbocycles. The van der Waals surface area contributed by atoms with Crippen LogP contribution in [0.25, 0.3) is 0 Å².